The topological polar surface area (TPSA) is 45.2 Å². The summed E-state index contributed by atoms with van der Waals surface area (Å²) < 4.78 is 0. The van der Waals surface area contributed by atoms with E-state index in [4.69, 9.17) is 0 Å². The third kappa shape index (κ3) is 2.01. The normalized spacial score (nSPS) is 27.1. The van der Waals surface area contributed by atoms with Crippen molar-refractivity contribution in [3.63, 3.8) is 0 Å². The molecule has 0 saturated carbocycles. The number of aromatic nitrogens is 1. The van der Waals surface area contributed by atoms with Crippen molar-refractivity contribution in [1.82, 2.24) is 15.2 Å². The van der Waals surface area contributed by atoms with Crippen LogP contribution in [0.25, 0.3) is 0 Å². The zero-order chi connectivity index (χ0) is 12.5. The summed E-state index contributed by atoms with van der Waals surface area (Å²) >= 11 is 0. The highest BCUT2D eigenvalue weighted by atomic mass is 16.2. The Kier molecular flexibility index (Phi) is 3.04. The van der Waals surface area contributed by atoms with Crippen LogP contribution < -0.4 is 5.32 Å². The fourth-order valence-electron chi connectivity index (χ4n) is 3.13. The van der Waals surface area contributed by atoms with Gasteiger partial charge in [0.1, 0.15) is 5.69 Å². The zero-order valence-corrected chi connectivity index (χ0v) is 10.7. The summed E-state index contributed by atoms with van der Waals surface area (Å²) in [6.45, 7) is 4.78. The molecule has 2 fully saturated rings. The molecule has 18 heavy (non-hydrogen) atoms. The molecule has 0 aromatic carbocycles. The van der Waals surface area contributed by atoms with Crippen molar-refractivity contribution in [2.75, 3.05) is 19.6 Å². The maximum absolute atomic E-state index is 12.5. The van der Waals surface area contributed by atoms with Gasteiger partial charge in [-0.25, -0.2) is 4.98 Å². The first-order chi connectivity index (χ1) is 8.75. The number of fused-ring (bicyclic) bond motifs is 1. The first-order valence-electron chi connectivity index (χ1n) is 6.71. The molecule has 0 aliphatic carbocycles. The van der Waals surface area contributed by atoms with E-state index in [1.807, 2.05) is 30.0 Å². The highest BCUT2D eigenvalue weighted by Crippen LogP contribution is 2.27. The molecule has 0 bridgehead atoms. The maximum atomic E-state index is 12.5. The number of amides is 1. The first-order valence-corrected chi connectivity index (χ1v) is 6.71. The van der Waals surface area contributed by atoms with Crippen molar-refractivity contribution in [2.45, 2.75) is 25.8 Å². The third-order valence-electron chi connectivity index (χ3n) is 4.05. The molecule has 2 aliphatic heterocycles. The van der Waals surface area contributed by atoms with Crippen LogP contribution >= 0.6 is 0 Å². The van der Waals surface area contributed by atoms with Gasteiger partial charge in [0, 0.05) is 31.4 Å². The Hall–Kier alpha value is -1.42. The zero-order valence-electron chi connectivity index (χ0n) is 10.7. The lowest BCUT2D eigenvalue weighted by Crippen LogP contribution is -2.48. The highest BCUT2D eigenvalue weighted by molar-refractivity contribution is 5.92. The minimum atomic E-state index is 0.0945. The molecule has 0 radical (unpaired) electrons. The number of nitrogens with one attached hydrogen (secondary N) is 1. The molecule has 1 amide bonds. The summed E-state index contributed by atoms with van der Waals surface area (Å²) in [4.78, 5) is 18.9. The SMILES string of the molecule is Cc1cccc(C(=O)N2CCCC3CNCC32)n1. The standard InChI is InChI=1S/C14H19N3O/c1-10-4-2-6-12(16-10)14(18)17-7-3-5-11-8-15-9-13(11)17/h2,4,6,11,13,15H,3,5,7-9H2,1H3. The monoisotopic (exact) mass is 245 g/mol. The molecule has 96 valence electrons. The molecule has 3 rings (SSSR count). The molecule has 2 aliphatic rings. The number of rotatable bonds is 1. The van der Waals surface area contributed by atoms with Crippen LogP contribution in [0, 0.1) is 12.8 Å². The van der Waals surface area contributed by atoms with Crippen LogP contribution in [-0.4, -0.2) is 41.5 Å². The van der Waals surface area contributed by atoms with Crippen LogP contribution in [0.4, 0.5) is 0 Å². The van der Waals surface area contributed by atoms with Gasteiger partial charge in [0.05, 0.1) is 0 Å². The Bertz CT molecular complexity index is 460. The Morgan fingerprint density at radius 1 is 1.44 bits per heavy atom. The predicted molar refractivity (Wildman–Crippen MR) is 69.4 cm³/mol. The van der Waals surface area contributed by atoms with Crippen molar-refractivity contribution < 1.29 is 4.79 Å². The van der Waals surface area contributed by atoms with Gasteiger partial charge >= 0.3 is 0 Å². The van der Waals surface area contributed by atoms with E-state index in [0.717, 1.165) is 31.7 Å². The summed E-state index contributed by atoms with van der Waals surface area (Å²) in [5.41, 5.74) is 1.49. The second-order valence-corrected chi connectivity index (χ2v) is 5.29. The van der Waals surface area contributed by atoms with Gasteiger partial charge in [-0.2, -0.15) is 0 Å². The number of aryl methyl sites for hydroxylation is 1. The van der Waals surface area contributed by atoms with Gasteiger partial charge in [0.25, 0.3) is 5.91 Å². The lowest BCUT2D eigenvalue weighted by Gasteiger charge is -2.36. The van der Waals surface area contributed by atoms with E-state index in [2.05, 4.69) is 10.3 Å². The van der Waals surface area contributed by atoms with Crippen LogP contribution in [0.3, 0.4) is 0 Å². The fraction of sp³-hybridized carbons (Fsp3) is 0.571. The lowest BCUT2D eigenvalue weighted by molar-refractivity contribution is 0.0568. The van der Waals surface area contributed by atoms with Gasteiger partial charge in [-0.1, -0.05) is 6.07 Å². The van der Waals surface area contributed by atoms with Crippen LogP contribution in [0.15, 0.2) is 18.2 Å². The second-order valence-electron chi connectivity index (χ2n) is 5.29. The number of likely N-dealkylation sites (tertiary alicyclic amines) is 1. The number of hydrogen-bond acceptors (Lipinski definition) is 3. The molecule has 4 heteroatoms. The predicted octanol–water partition coefficient (Wildman–Crippen LogP) is 1.21. The van der Waals surface area contributed by atoms with Crippen molar-refractivity contribution in [1.29, 1.82) is 0 Å². The molecule has 1 aromatic heterocycles. The van der Waals surface area contributed by atoms with E-state index in [0.29, 0.717) is 17.7 Å². The van der Waals surface area contributed by atoms with Crippen molar-refractivity contribution >= 4 is 5.91 Å². The molecule has 3 heterocycles. The van der Waals surface area contributed by atoms with E-state index >= 15 is 0 Å². The summed E-state index contributed by atoms with van der Waals surface area (Å²) in [5.74, 6) is 0.726. The minimum absolute atomic E-state index is 0.0945. The minimum Gasteiger partial charge on any atom is -0.333 e. The molecule has 1 N–H and O–H groups in total. The van der Waals surface area contributed by atoms with E-state index in [1.54, 1.807) is 0 Å². The Labute approximate surface area is 107 Å². The van der Waals surface area contributed by atoms with Crippen molar-refractivity contribution in [2.24, 2.45) is 5.92 Å². The molecule has 1 aromatic rings. The molecular weight excluding hydrogens is 226 g/mol. The van der Waals surface area contributed by atoms with Gasteiger partial charge in [-0.05, 0) is 37.8 Å². The Balaban J connectivity index is 1.83. The fourth-order valence-corrected chi connectivity index (χ4v) is 3.13. The quantitative estimate of drug-likeness (QED) is 0.809. The number of carbonyl (C=O) groups is 1. The third-order valence-corrected chi connectivity index (χ3v) is 4.05. The van der Waals surface area contributed by atoms with E-state index in [1.165, 1.54) is 6.42 Å². The van der Waals surface area contributed by atoms with E-state index in [-0.39, 0.29) is 5.91 Å². The molecule has 0 spiro atoms. The second kappa shape index (κ2) is 4.69. The van der Waals surface area contributed by atoms with Crippen LogP contribution in [0.2, 0.25) is 0 Å². The van der Waals surface area contributed by atoms with Gasteiger partial charge in [-0.15, -0.1) is 0 Å². The number of nitrogens with zero attached hydrogens (tertiary/aromatic N) is 2. The maximum Gasteiger partial charge on any atom is 0.272 e. The summed E-state index contributed by atoms with van der Waals surface area (Å²) in [5, 5.41) is 3.40. The molecule has 2 saturated heterocycles. The number of pyridine rings is 1. The van der Waals surface area contributed by atoms with E-state index < -0.39 is 0 Å². The summed E-state index contributed by atoms with van der Waals surface area (Å²) in [6, 6.07) is 6.02. The molecule has 4 nitrogen and oxygen atoms in total. The van der Waals surface area contributed by atoms with Gasteiger partial charge in [0.15, 0.2) is 0 Å². The van der Waals surface area contributed by atoms with Crippen LogP contribution in [0.5, 0.6) is 0 Å². The average Bonchev–Trinajstić information content (AvgIpc) is 2.86. The molecule has 2 atom stereocenters. The van der Waals surface area contributed by atoms with Gasteiger partial charge < -0.3 is 10.2 Å². The molecular formula is C14H19N3O. The lowest BCUT2D eigenvalue weighted by atomic mass is 9.92. The smallest absolute Gasteiger partial charge is 0.272 e. The number of carbonyl (C=O) groups excluding carboxylic acids is 1. The van der Waals surface area contributed by atoms with Crippen LogP contribution in [0.1, 0.15) is 29.0 Å². The Morgan fingerprint density at radius 2 is 2.33 bits per heavy atom. The first kappa shape index (κ1) is 11.7. The summed E-state index contributed by atoms with van der Waals surface area (Å²) in [7, 11) is 0. The van der Waals surface area contributed by atoms with Crippen molar-refractivity contribution in [3.8, 4) is 0 Å². The molecule has 2 unspecified atom stereocenters. The Morgan fingerprint density at radius 3 is 3.17 bits per heavy atom. The van der Waals surface area contributed by atoms with Crippen molar-refractivity contribution in [3.05, 3.63) is 29.6 Å². The number of hydrogen-bond donors (Lipinski definition) is 1. The largest absolute Gasteiger partial charge is 0.333 e. The highest BCUT2D eigenvalue weighted by Gasteiger charge is 2.37. The van der Waals surface area contributed by atoms with Gasteiger partial charge in [-0.3, -0.25) is 4.79 Å². The van der Waals surface area contributed by atoms with Gasteiger partial charge in [0.2, 0.25) is 0 Å². The van der Waals surface area contributed by atoms with E-state index in [9.17, 15) is 4.79 Å². The summed E-state index contributed by atoms with van der Waals surface area (Å²) in [6.07, 6.45) is 2.35. The van der Waals surface area contributed by atoms with Crippen LogP contribution in [-0.2, 0) is 0 Å². The number of piperidine rings is 1. The average molecular weight is 245 g/mol.